The third-order valence-corrected chi connectivity index (χ3v) is 4.89. The molecule has 27 heavy (non-hydrogen) atoms. The van der Waals surface area contributed by atoms with Crippen LogP contribution in [0.4, 0.5) is 0 Å². The Hall–Kier alpha value is -3.20. The Labute approximate surface area is 159 Å². The summed E-state index contributed by atoms with van der Waals surface area (Å²) >= 11 is 0. The number of fused-ring (bicyclic) bond motifs is 1. The summed E-state index contributed by atoms with van der Waals surface area (Å²) in [6.45, 7) is 2.67. The summed E-state index contributed by atoms with van der Waals surface area (Å²) in [5, 5.41) is 0. The molecule has 0 aliphatic carbocycles. The Morgan fingerprint density at radius 3 is 1.85 bits per heavy atom. The van der Waals surface area contributed by atoms with Crippen molar-refractivity contribution in [1.29, 1.82) is 0 Å². The van der Waals surface area contributed by atoms with E-state index < -0.39 is 0 Å². The van der Waals surface area contributed by atoms with Crippen LogP contribution in [0.5, 0.6) is 17.2 Å². The predicted molar refractivity (Wildman–Crippen MR) is 109 cm³/mol. The van der Waals surface area contributed by atoms with E-state index in [9.17, 15) is 0 Å². The van der Waals surface area contributed by atoms with Crippen molar-refractivity contribution in [3.63, 3.8) is 0 Å². The molecular formula is C24H22O3. The number of aryl methyl sites for hydroxylation is 1. The lowest BCUT2D eigenvalue weighted by Crippen LogP contribution is -1.97. The minimum absolute atomic E-state index is 0.562. The molecule has 0 fully saturated rings. The second-order valence-electron chi connectivity index (χ2n) is 6.60. The molecule has 3 heteroatoms. The lowest BCUT2D eigenvalue weighted by Gasteiger charge is -2.14. The van der Waals surface area contributed by atoms with Gasteiger partial charge in [-0.25, -0.2) is 0 Å². The smallest absolute Gasteiger partial charge is 0.127 e. The summed E-state index contributed by atoms with van der Waals surface area (Å²) in [6.07, 6.45) is 0. The molecule has 0 radical (unpaired) electrons. The molecule has 0 amide bonds. The molecule has 0 saturated carbocycles. The van der Waals surface area contributed by atoms with Gasteiger partial charge in [-0.1, -0.05) is 35.9 Å². The fraction of sp³-hybridized carbons (Fsp3) is 0.167. The topological polar surface area (TPSA) is 27.7 Å². The summed E-state index contributed by atoms with van der Waals surface area (Å²) in [7, 11) is 3.36. The van der Waals surface area contributed by atoms with E-state index in [1.807, 2.05) is 24.3 Å². The molecule has 0 unspecified atom stereocenters. The van der Waals surface area contributed by atoms with Crippen molar-refractivity contribution < 1.29 is 14.2 Å². The van der Waals surface area contributed by atoms with E-state index >= 15 is 0 Å². The fourth-order valence-corrected chi connectivity index (χ4v) is 3.47. The van der Waals surface area contributed by atoms with Crippen LogP contribution in [0.1, 0.15) is 22.3 Å². The average molecular weight is 358 g/mol. The van der Waals surface area contributed by atoms with Gasteiger partial charge in [-0.05, 0) is 60.0 Å². The molecular weight excluding hydrogens is 336 g/mol. The van der Waals surface area contributed by atoms with Gasteiger partial charge in [-0.15, -0.1) is 0 Å². The van der Waals surface area contributed by atoms with Crippen molar-refractivity contribution in [2.24, 2.45) is 0 Å². The highest BCUT2D eigenvalue weighted by Crippen LogP contribution is 2.41. The number of methoxy groups -OCH3 is 2. The van der Waals surface area contributed by atoms with E-state index in [2.05, 4.69) is 49.4 Å². The van der Waals surface area contributed by atoms with Gasteiger partial charge in [-0.2, -0.15) is 0 Å². The van der Waals surface area contributed by atoms with Crippen LogP contribution in [-0.2, 0) is 0 Å². The van der Waals surface area contributed by atoms with Gasteiger partial charge in [-0.3, -0.25) is 0 Å². The first-order valence-corrected chi connectivity index (χ1v) is 8.95. The normalized spacial score (nSPS) is 12.3. The highest BCUT2D eigenvalue weighted by Gasteiger charge is 2.23. The van der Waals surface area contributed by atoms with Crippen molar-refractivity contribution in [3.05, 3.63) is 89.0 Å². The van der Waals surface area contributed by atoms with Gasteiger partial charge in [0.15, 0.2) is 0 Å². The number of rotatable bonds is 4. The standard InChI is InChI=1S/C24H22O3/c1-16-4-13-23-21(14-16)22(15-27-23)24(17-5-9-19(25-2)10-6-17)18-7-11-20(26-3)12-8-18/h4-14H,15H2,1-3H3. The SMILES string of the molecule is COc1ccc(C(=C2COc3ccc(C)cc32)c2ccc(OC)cc2)cc1. The molecule has 3 aromatic rings. The summed E-state index contributed by atoms with van der Waals surface area (Å²) in [5.74, 6) is 2.63. The molecule has 0 spiro atoms. The fourth-order valence-electron chi connectivity index (χ4n) is 3.47. The Bertz CT molecular complexity index is 934. The van der Waals surface area contributed by atoms with Crippen molar-refractivity contribution in [2.75, 3.05) is 20.8 Å². The molecule has 1 aliphatic heterocycles. The number of hydrogen-bond acceptors (Lipinski definition) is 3. The van der Waals surface area contributed by atoms with Gasteiger partial charge >= 0.3 is 0 Å². The maximum atomic E-state index is 5.97. The van der Waals surface area contributed by atoms with Gasteiger partial charge in [0.25, 0.3) is 0 Å². The third kappa shape index (κ3) is 3.28. The van der Waals surface area contributed by atoms with Crippen molar-refractivity contribution >= 4 is 11.1 Å². The van der Waals surface area contributed by atoms with Crippen LogP contribution in [0.25, 0.3) is 11.1 Å². The van der Waals surface area contributed by atoms with Crippen molar-refractivity contribution in [3.8, 4) is 17.2 Å². The zero-order valence-electron chi connectivity index (χ0n) is 15.8. The number of hydrogen-bond donors (Lipinski definition) is 0. The van der Waals surface area contributed by atoms with Crippen LogP contribution in [0.3, 0.4) is 0 Å². The third-order valence-electron chi connectivity index (χ3n) is 4.89. The Balaban J connectivity index is 1.92. The highest BCUT2D eigenvalue weighted by atomic mass is 16.5. The van der Waals surface area contributed by atoms with E-state index in [4.69, 9.17) is 14.2 Å². The van der Waals surface area contributed by atoms with Gasteiger partial charge in [0.2, 0.25) is 0 Å². The second-order valence-corrected chi connectivity index (χ2v) is 6.60. The van der Waals surface area contributed by atoms with E-state index in [-0.39, 0.29) is 0 Å². The first-order chi connectivity index (χ1) is 13.2. The lowest BCUT2D eigenvalue weighted by molar-refractivity contribution is 0.388. The number of benzene rings is 3. The zero-order chi connectivity index (χ0) is 18.8. The van der Waals surface area contributed by atoms with Crippen LogP contribution in [0.15, 0.2) is 66.7 Å². The summed E-state index contributed by atoms with van der Waals surface area (Å²) < 4.78 is 16.6. The molecule has 1 heterocycles. The first kappa shape index (κ1) is 17.2. The minimum Gasteiger partial charge on any atom is -0.497 e. The van der Waals surface area contributed by atoms with Crippen molar-refractivity contribution in [2.45, 2.75) is 6.92 Å². The average Bonchev–Trinajstić information content (AvgIpc) is 3.12. The molecule has 1 aliphatic rings. The Morgan fingerprint density at radius 2 is 1.33 bits per heavy atom. The maximum absolute atomic E-state index is 5.97. The van der Waals surface area contributed by atoms with E-state index in [1.54, 1.807) is 14.2 Å². The van der Waals surface area contributed by atoms with Crippen LogP contribution in [0.2, 0.25) is 0 Å². The van der Waals surface area contributed by atoms with E-state index in [0.717, 1.165) is 33.9 Å². The molecule has 0 bridgehead atoms. The highest BCUT2D eigenvalue weighted by molar-refractivity contribution is 6.01. The molecule has 3 aromatic carbocycles. The van der Waals surface area contributed by atoms with Gasteiger partial charge < -0.3 is 14.2 Å². The molecule has 0 aromatic heterocycles. The zero-order valence-corrected chi connectivity index (χ0v) is 15.8. The molecule has 136 valence electrons. The molecule has 4 rings (SSSR count). The molecule has 3 nitrogen and oxygen atoms in total. The maximum Gasteiger partial charge on any atom is 0.127 e. The second kappa shape index (κ2) is 7.20. The van der Waals surface area contributed by atoms with Crippen molar-refractivity contribution in [1.82, 2.24) is 0 Å². The number of ether oxygens (including phenoxy) is 3. The summed E-state index contributed by atoms with van der Waals surface area (Å²) in [6, 6.07) is 22.7. The van der Waals surface area contributed by atoms with Gasteiger partial charge in [0.1, 0.15) is 23.9 Å². The first-order valence-electron chi connectivity index (χ1n) is 8.95. The minimum atomic E-state index is 0.562. The van der Waals surface area contributed by atoms with Gasteiger partial charge in [0, 0.05) is 11.1 Å². The van der Waals surface area contributed by atoms with Gasteiger partial charge in [0.05, 0.1) is 14.2 Å². The molecule has 0 atom stereocenters. The summed E-state index contributed by atoms with van der Waals surface area (Å²) in [5.41, 5.74) is 7.02. The van der Waals surface area contributed by atoms with Crippen LogP contribution in [-0.4, -0.2) is 20.8 Å². The Kier molecular flexibility index (Phi) is 4.59. The summed E-state index contributed by atoms with van der Waals surface area (Å²) in [4.78, 5) is 0. The van der Waals surface area contributed by atoms with Crippen LogP contribution in [0, 0.1) is 6.92 Å². The molecule has 0 saturated heterocycles. The quantitative estimate of drug-likeness (QED) is 0.628. The van der Waals surface area contributed by atoms with Crippen LogP contribution < -0.4 is 14.2 Å². The largest absolute Gasteiger partial charge is 0.497 e. The van der Waals surface area contributed by atoms with E-state index in [1.165, 1.54) is 16.7 Å². The Morgan fingerprint density at radius 1 is 0.778 bits per heavy atom. The van der Waals surface area contributed by atoms with E-state index in [0.29, 0.717) is 6.61 Å². The lowest BCUT2D eigenvalue weighted by atomic mass is 9.90. The predicted octanol–water partition coefficient (Wildman–Crippen LogP) is 5.36. The molecule has 0 N–H and O–H groups in total. The van der Waals surface area contributed by atoms with Crippen LogP contribution >= 0.6 is 0 Å². The monoisotopic (exact) mass is 358 g/mol.